The number of rotatable bonds is 43. The van der Waals surface area contributed by atoms with Crippen molar-refractivity contribution >= 4 is 11.9 Å². The molecule has 1 amide bonds. The van der Waals surface area contributed by atoms with Gasteiger partial charge in [0, 0.05) is 12.8 Å². The standard InChI is InChI=1S/C48H91NO5/c1-3-5-7-9-11-13-14-15-16-17-18-19-20-21-22-26-30-34-38-42-48(53)54-43-39-35-31-27-23-25-29-33-37-41-47(52)49-45(44-50)46(51)40-36-32-28-24-12-10-8-6-4-2/h15-16,36,40,45-46,50-51H,3-14,17-35,37-39,41-44H2,1-2H3,(H,49,52)/b16-15-,40-36+. The number of allylic oxidation sites excluding steroid dienone is 3. The van der Waals surface area contributed by atoms with Crippen LogP contribution in [0, 0.1) is 0 Å². The highest BCUT2D eigenvalue weighted by atomic mass is 16.5. The maximum atomic E-state index is 12.3. The summed E-state index contributed by atoms with van der Waals surface area (Å²) in [7, 11) is 0. The summed E-state index contributed by atoms with van der Waals surface area (Å²) in [5.41, 5.74) is 0. The van der Waals surface area contributed by atoms with Crippen LogP contribution < -0.4 is 5.32 Å². The minimum Gasteiger partial charge on any atom is -0.466 e. The summed E-state index contributed by atoms with van der Waals surface area (Å²) < 4.78 is 5.45. The Bertz CT molecular complexity index is 843. The van der Waals surface area contributed by atoms with E-state index in [9.17, 15) is 19.8 Å². The first kappa shape index (κ1) is 52.3. The van der Waals surface area contributed by atoms with Gasteiger partial charge in [-0.1, -0.05) is 199 Å². The van der Waals surface area contributed by atoms with Gasteiger partial charge in [-0.15, -0.1) is 0 Å². The highest BCUT2D eigenvalue weighted by Crippen LogP contribution is 2.14. The number of esters is 1. The SMILES string of the molecule is CCCCCCCC/C=C\CCCCCCCCCCCC(=O)OCCCCCCCCCCCC(=O)NC(CO)C(O)/C=C/CCCCCCCCC. The molecule has 3 N–H and O–H groups in total. The number of ether oxygens (including phenoxy) is 1. The lowest BCUT2D eigenvalue weighted by molar-refractivity contribution is -0.143. The van der Waals surface area contributed by atoms with E-state index in [0.717, 1.165) is 57.8 Å². The molecule has 0 saturated heterocycles. The van der Waals surface area contributed by atoms with Crippen molar-refractivity contribution in [2.75, 3.05) is 13.2 Å². The zero-order valence-electron chi connectivity index (χ0n) is 36.0. The molecule has 318 valence electrons. The van der Waals surface area contributed by atoms with E-state index in [1.165, 1.54) is 161 Å². The lowest BCUT2D eigenvalue weighted by atomic mass is 10.1. The van der Waals surface area contributed by atoms with Gasteiger partial charge in [0.25, 0.3) is 0 Å². The third kappa shape index (κ3) is 40.0. The monoisotopic (exact) mass is 762 g/mol. The number of aliphatic hydroxyl groups is 2. The molecular weight excluding hydrogens is 671 g/mol. The minimum atomic E-state index is -0.859. The van der Waals surface area contributed by atoms with Gasteiger partial charge in [0.15, 0.2) is 0 Å². The fraction of sp³-hybridized carbons (Fsp3) is 0.875. The summed E-state index contributed by atoms with van der Waals surface area (Å²) >= 11 is 0. The van der Waals surface area contributed by atoms with E-state index in [2.05, 4.69) is 31.3 Å². The summed E-state index contributed by atoms with van der Waals surface area (Å²) in [4.78, 5) is 24.4. The first-order valence-electron chi connectivity index (χ1n) is 23.6. The highest BCUT2D eigenvalue weighted by molar-refractivity contribution is 5.76. The molecule has 0 saturated carbocycles. The van der Waals surface area contributed by atoms with Crippen molar-refractivity contribution in [2.45, 2.75) is 257 Å². The van der Waals surface area contributed by atoms with E-state index in [-0.39, 0.29) is 18.5 Å². The Balaban J connectivity index is 3.47. The van der Waals surface area contributed by atoms with Gasteiger partial charge >= 0.3 is 5.97 Å². The van der Waals surface area contributed by atoms with E-state index in [4.69, 9.17) is 4.74 Å². The number of amides is 1. The molecule has 6 nitrogen and oxygen atoms in total. The molecule has 0 heterocycles. The van der Waals surface area contributed by atoms with Gasteiger partial charge < -0.3 is 20.3 Å². The average Bonchev–Trinajstić information content (AvgIpc) is 3.17. The lowest BCUT2D eigenvalue weighted by Gasteiger charge is -2.20. The van der Waals surface area contributed by atoms with Crippen LogP contribution in [-0.2, 0) is 14.3 Å². The highest BCUT2D eigenvalue weighted by Gasteiger charge is 2.18. The fourth-order valence-electron chi connectivity index (χ4n) is 7.04. The summed E-state index contributed by atoms with van der Waals surface area (Å²) in [5.74, 6) is -0.128. The number of hydrogen-bond donors (Lipinski definition) is 3. The lowest BCUT2D eigenvalue weighted by Crippen LogP contribution is -2.45. The Labute approximate surface area is 335 Å². The second kappa shape index (κ2) is 44.1. The minimum absolute atomic E-state index is 0.0290. The van der Waals surface area contributed by atoms with Crippen molar-refractivity contribution in [1.29, 1.82) is 0 Å². The van der Waals surface area contributed by atoms with E-state index in [1.807, 2.05) is 6.08 Å². The zero-order chi connectivity index (χ0) is 39.4. The second-order valence-electron chi connectivity index (χ2n) is 16.1. The van der Waals surface area contributed by atoms with Gasteiger partial charge in [-0.25, -0.2) is 0 Å². The molecule has 2 unspecified atom stereocenters. The van der Waals surface area contributed by atoms with E-state index >= 15 is 0 Å². The molecule has 2 atom stereocenters. The van der Waals surface area contributed by atoms with E-state index in [0.29, 0.717) is 19.4 Å². The molecule has 0 aliphatic carbocycles. The Morgan fingerprint density at radius 2 is 0.870 bits per heavy atom. The molecule has 0 aromatic carbocycles. The first-order chi connectivity index (χ1) is 26.5. The molecule has 0 fully saturated rings. The molecule has 54 heavy (non-hydrogen) atoms. The quantitative estimate of drug-likeness (QED) is 0.0327. The van der Waals surface area contributed by atoms with Gasteiger partial charge in [-0.2, -0.15) is 0 Å². The molecule has 6 heteroatoms. The Kier molecular flexibility index (Phi) is 42.7. The van der Waals surface area contributed by atoms with Crippen LogP contribution in [0.2, 0.25) is 0 Å². The average molecular weight is 762 g/mol. The van der Waals surface area contributed by atoms with Crippen molar-refractivity contribution in [3.63, 3.8) is 0 Å². The maximum absolute atomic E-state index is 12.3. The Morgan fingerprint density at radius 1 is 0.500 bits per heavy atom. The van der Waals surface area contributed by atoms with Crippen LogP contribution in [0.4, 0.5) is 0 Å². The maximum Gasteiger partial charge on any atom is 0.305 e. The van der Waals surface area contributed by atoms with Crippen LogP contribution in [0.25, 0.3) is 0 Å². The number of unbranched alkanes of at least 4 members (excludes halogenated alkanes) is 30. The number of carbonyl (C=O) groups is 2. The second-order valence-corrected chi connectivity index (χ2v) is 16.1. The zero-order valence-corrected chi connectivity index (χ0v) is 36.0. The third-order valence-electron chi connectivity index (χ3n) is 10.7. The predicted octanol–water partition coefficient (Wildman–Crippen LogP) is 13.6. The largest absolute Gasteiger partial charge is 0.466 e. The first-order valence-corrected chi connectivity index (χ1v) is 23.6. The topological polar surface area (TPSA) is 95.9 Å². The van der Waals surface area contributed by atoms with Crippen molar-refractivity contribution in [3.05, 3.63) is 24.3 Å². The molecule has 0 rings (SSSR count). The van der Waals surface area contributed by atoms with Gasteiger partial charge in [0.2, 0.25) is 5.91 Å². The van der Waals surface area contributed by atoms with Crippen LogP contribution in [-0.4, -0.2) is 47.4 Å². The number of hydrogen-bond acceptors (Lipinski definition) is 5. The number of aliphatic hydroxyl groups excluding tert-OH is 2. The smallest absolute Gasteiger partial charge is 0.305 e. The third-order valence-corrected chi connectivity index (χ3v) is 10.7. The van der Waals surface area contributed by atoms with Crippen molar-refractivity contribution < 1.29 is 24.5 Å². The van der Waals surface area contributed by atoms with Crippen molar-refractivity contribution in [2.24, 2.45) is 0 Å². The molecule has 0 bridgehead atoms. The van der Waals surface area contributed by atoms with Crippen molar-refractivity contribution in [3.8, 4) is 0 Å². The number of carbonyl (C=O) groups excluding carboxylic acids is 2. The van der Waals surface area contributed by atoms with Gasteiger partial charge in [-0.3, -0.25) is 9.59 Å². The van der Waals surface area contributed by atoms with Crippen LogP contribution >= 0.6 is 0 Å². The predicted molar refractivity (Wildman–Crippen MR) is 232 cm³/mol. The summed E-state index contributed by atoms with van der Waals surface area (Å²) in [6.45, 7) is 4.80. The summed E-state index contributed by atoms with van der Waals surface area (Å²) in [5, 5.41) is 22.8. The van der Waals surface area contributed by atoms with E-state index < -0.39 is 12.1 Å². The fourth-order valence-corrected chi connectivity index (χ4v) is 7.04. The van der Waals surface area contributed by atoms with Crippen molar-refractivity contribution in [1.82, 2.24) is 5.32 Å². The molecule has 0 radical (unpaired) electrons. The molecule has 0 aliphatic heterocycles. The molecule has 0 aromatic heterocycles. The van der Waals surface area contributed by atoms with E-state index in [1.54, 1.807) is 6.08 Å². The van der Waals surface area contributed by atoms with Gasteiger partial charge in [0.1, 0.15) is 0 Å². The normalized spacial score (nSPS) is 12.9. The van der Waals surface area contributed by atoms with Crippen LogP contribution in [0.5, 0.6) is 0 Å². The van der Waals surface area contributed by atoms with Crippen LogP contribution in [0.15, 0.2) is 24.3 Å². The van der Waals surface area contributed by atoms with Gasteiger partial charge in [0.05, 0.1) is 25.4 Å². The summed E-state index contributed by atoms with van der Waals surface area (Å²) in [6, 6.07) is -0.645. The molecular formula is C48H91NO5. The molecule has 0 aliphatic rings. The molecule has 0 aromatic rings. The van der Waals surface area contributed by atoms with Crippen LogP contribution in [0.1, 0.15) is 245 Å². The summed E-state index contributed by atoms with van der Waals surface area (Å²) in [6.07, 6.45) is 50.3. The number of nitrogens with one attached hydrogen (secondary N) is 1. The Morgan fingerprint density at radius 3 is 1.31 bits per heavy atom. The molecule has 0 spiro atoms. The van der Waals surface area contributed by atoms with Crippen LogP contribution in [0.3, 0.4) is 0 Å². The van der Waals surface area contributed by atoms with Gasteiger partial charge in [-0.05, 0) is 57.8 Å². The Hall–Kier alpha value is -1.66.